The fourth-order valence-electron chi connectivity index (χ4n) is 2.99. The predicted molar refractivity (Wildman–Crippen MR) is 107 cm³/mol. The zero-order chi connectivity index (χ0) is 17.9. The number of rotatable bonds is 12. The van der Waals surface area contributed by atoms with Crippen LogP contribution < -0.4 is 0 Å². The summed E-state index contributed by atoms with van der Waals surface area (Å²) in [6.07, 6.45) is 11.6. The van der Waals surface area contributed by atoms with E-state index < -0.39 is 0 Å². The monoisotopic (exact) mass is 358 g/mol. The average Bonchev–Trinajstić information content (AvgIpc) is 3.14. The number of thiophene rings is 1. The highest BCUT2D eigenvalue weighted by Gasteiger charge is 2.14. The Kier molecular flexibility index (Phi) is 8.84. The van der Waals surface area contributed by atoms with Gasteiger partial charge in [0.2, 0.25) is 5.78 Å². The molecule has 2 rings (SSSR count). The second-order valence-corrected chi connectivity index (χ2v) is 7.78. The molecule has 3 nitrogen and oxygen atoms in total. The number of unbranched alkanes of at least 4 members (excludes halogenated alkanes) is 6. The van der Waals surface area contributed by atoms with Crippen LogP contribution in [0.15, 0.2) is 35.8 Å². The third-order valence-electron chi connectivity index (χ3n) is 4.40. The van der Waals surface area contributed by atoms with Crippen LogP contribution in [0.2, 0.25) is 0 Å². The van der Waals surface area contributed by atoms with Gasteiger partial charge in [-0.05, 0) is 63.5 Å². The molecule has 0 fully saturated rings. The Morgan fingerprint density at radius 3 is 2.40 bits per heavy atom. The molecule has 0 aliphatic carbocycles. The number of aryl methyl sites for hydroxylation is 1. The lowest BCUT2D eigenvalue weighted by molar-refractivity contribution is 0.104. The molecule has 0 aromatic carbocycles. The van der Waals surface area contributed by atoms with E-state index in [1.54, 1.807) is 6.20 Å². The van der Waals surface area contributed by atoms with Gasteiger partial charge in [0.25, 0.3) is 0 Å². The fourth-order valence-corrected chi connectivity index (χ4v) is 3.67. The van der Waals surface area contributed by atoms with Gasteiger partial charge in [-0.15, -0.1) is 11.3 Å². The Bertz CT molecular complexity index is 623. The predicted octanol–water partition coefficient (Wildman–Crippen LogP) is 5.21. The van der Waals surface area contributed by atoms with E-state index >= 15 is 0 Å². The maximum absolute atomic E-state index is 12.6. The molecule has 4 heteroatoms. The number of hydrogen-bond acceptors (Lipinski definition) is 4. The SMILES string of the molecule is CN(C)CCCCCCCCCc1ncccc1C(=O)c1cccs1. The first-order chi connectivity index (χ1) is 12.2. The van der Waals surface area contributed by atoms with Gasteiger partial charge in [-0.2, -0.15) is 0 Å². The Hall–Kier alpha value is -1.52. The third-order valence-corrected chi connectivity index (χ3v) is 5.27. The van der Waals surface area contributed by atoms with E-state index in [0.717, 1.165) is 29.0 Å². The molecule has 2 heterocycles. The maximum Gasteiger partial charge on any atom is 0.204 e. The molecular weight excluding hydrogens is 328 g/mol. The Morgan fingerprint density at radius 1 is 1.00 bits per heavy atom. The van der Waals surface area contributed by atoms with E-state index in [4.69, 9.17) is 0 Å². The smallest absolute Gasteiger partial charge is 0.204 e. The molecule has 0 radical (unpaired) electrons. The standard InChI is InChI=1S/C21H30N2OS/c1-23(2)16-9-7-5-3-4-6-8-13-19-18(12-10-15-22-19)21(24)20-14-11-17-25-20/h10-12,14-15,17H,3-9,13,16H2,1-2H3. The molecule has 0 bridgehead atoms. The van der Waals surface area contributed by atoms with Crippen molar-refractivity contribution in [3.8, 4) is 0 Å². The van der Waals surface area contributed by atoms with Crippen LogP contribution in [-0.4, -0.2) is 36.3 Å². The fraction of sp³-hybridized carbons (Fsp3) is 0.524. The molecule has 2 aromatic heterocycles. The minimum Gasteiger partial charge on any atom is -0.309 e. The van der Waals surface area contributed by atoms with Gasteiger partial charge in [-0.1, -0.05) is 38.2 Å². The Balaban J connectivity index is 1.69. The van der Waals surface area contributed by atoms with Gasteiger partial charge in [0.05, 0.1) is 10.6 Å². The summed E-state index contributed by atoms with van der Waals surface area (Å²) in [5, 5.41) is 1.95. The van der Waals surface area contributed by atoms with Crippen molar-refractivity contribution in [2.75, 3.05) is 20.6 Å². The third kappa shape index (κ3) is 7.09. The largest absolute Gasteiger partial charge is 0.309 e. The van der Waals surface area contributed by atoms with Gasteiger partial charge in [0.1, 0.15) is 0 Å². The van der Waals surface area contributed by atoms with Gasteiger partial charge in [-0.25, -0.2) is 0 Å². The Labute approximate surface area is 156 Å². The lowest BCUT2D eigenvalue weighted by atomic mass is 10.0. The van der Waals surface area contributed by atoms with E-state index in [1.165, 1.54) is 56.4 Å². The van der Waals surface area contributed by atoms with Crippen LogP contribution >= 0.6 is 11.3 Å². The molecule has 0 spiro atoms. The summed E-state index contributed by atoms with van der Waals surface area (Å²) >= 11 is 1.50. The quantitative estimate of drug-likeness (QED) is 0.386. The number of ketones is 1. The summed E-state index contributed by atoms with van der Waals surface area (Å²) in [5.74, 6) is 0.110. The molecule has 0 unspecified atom stereocenters. The first-order valence-electron chi connectivity index (χ1n) is 9.35. The molecule has 0 aliphatic rings. The average molecular weight is 359 g/mol. The lowest BCUT2D eigenvalue weighted by Crippen LogP contribution is -2.12. The number of hydrogen-bond donors (Lipinski definition) is 0. The number of nitrogens with zero attached hydrogens (tertiary/aromatic N) is 2. The van der Waals surface area contributed by atoms with Crippen LogP contribution in [0.1, 0.15) is 65.9 Å². The highest BCUT2D eigenvalue weighted by Crippen LogP contribution is 2.19. The van der Waals surface area contributed by atoms with Crippen molar-refractivity contribution in [1.29, 1.82) is 0 Å². The molecular formula is C21H30N2OS. The van der Waals surface area contributed by atoms with E-state index in [2.05, 4.69) is 24.0 Å². The maximum atomic E-state index is 12.6. The van der Waals surface area contributed by atoms with Crippen LogP contribution in [0.4, 0.5) is 0 Å². The number of carbonyl (C=O) groups is 1. The van der Waals surface area contributed by atoms with Crippen molar-refractivity contribution < 1.29 is 4.79 Å². The van der Waals surface area contributed by atoms with Gasteiger partial charge >= 0.3 is 0 Å². The number of pyridine rings is 1. The van der Waals surface area contributed by atoms with E-state index in [1.807, 2.05) is 29.6 Å². The normalized spacial score (nSPS) is 11.2. The molecule has 0 N–H and O–H groups in total. The summed E-state index contributed by atoms with van der Waals surface area (Å²) in [6.45, 7) is 1.20. The highest BCUT2D eigenvalue weighted by atomic mass is 32.1. The van der Waals surface area contributed by atoms with Gasteiger partial charge in [0, 0.05) is 11.8 Å². The zero-order valence-corrected chi connectivity index (χ0v) is 16.4. The summed E-state index contributed by atoms with van der Waals surface area (Å²) in [4.78, 5) is 20.1. The topological polar surface area (TPSA) is 33.2 Å². The molecule has 0 amide bonds. The van der Waals surface area contributed by atoms with Crippen molar-refractivity contribution in [2.45, 2.75) is 51.4 Å². The zero-order valence-electron chi connectivity index (χ0n) is 15.5. The minimum absolute atomic E-state index is 0.110. The first kappa shape index (κ1) is 19.8. The van der Waals surface area contributed by atoms with Crippen LogP contribution in [0.25, 0.3) is 0 Å². The van der Waals surface area contributed by atoms with Crippen molar-refractivity contribution in [3.05, 3.63) is 52.0 Å². The molecule has 136 valence electrons. The second-order valence-electron chi connectivity index (χ2n) is 6.83. The van der Waals surface area contributed by atoms with Crippen molar-refractivity contribution in [1.82, 2.24) is 9.88 Å². The molecule has 25 heavy (non-hydrogen) atoms. The van der Waals surface area contributed by atoms with E-state index in [0.29, 0.717) is 0 Å². The molecule has 0 aliphatic heterocycles. The summed E-state index contributed by atoms with van der Waals surface area (Å²) in [6, 6.07) is 7.58. The summed E-state index contributed by atoms with van der Waals surface area (Å²) < 4.78 is 0. The van der Waals surface area contributed by atoms with Crippen LogP contribution in [-0.2, 0) is 6.42 Å². The molecule has 0 saturated heterocycles. The van der Waals surface area contributed by atoms with Crippen LogP contribution in [0.3, 0.4) is 0 Å². The van der Waals surface area contributed by atoms with Gasteiger partial charge in [0.15, 0.2) is 0 Å². The first-order valence-corrected chi connectivity index (χ1v) is 10.2. The number of aromatic nitrogens is 1. The van der Waals surface area contributed by atoms with Crippen molar-refractivity contribution in [2.24, 2.45) is 0 Å². The Morgan fingerprint density at radius 2 is 1.72 bits per heavy atom. The highest BCUT2D eigenvalue weighted by molar-refractivity contribution is 7.12. The summed E-state index contributed by atoms with van der Waals surface area (Å²) in [7, 11) is 4.27. The van der Waals surface area contributed by atoms with Crippen molar-refractivity contribution in [3.63, 3.8) is 0 Å². The van der Waals surface area contributed by atoms with Gasteiger partial charge < -0.3 is 4.90 Å². The van der Waals surface area contributed by atoms with Crippen molar-refractivity contribution >= 4 is 17.1 Å². The molecule has 0 atom stereocenters. The van der Waals surface area contributed by atoms with Crippen LogP contribution in [0, 0.1) is 0 Å². The van der Waals surface area contributed by atoms with E-state index in [-0.39, 0.29) is 5.78 Å². The van der Waals surface area contributed by atoms with E-state index in [9.17, 15) is 4.79 Å². The number of carbonyl (C=O) groups excluding carboxylic acids is 1. The lowest BCUT2D eigenvalue weighted by Gasteiger charge is -2.09. The van der Waals surface area contributed by atoms with Crippen LogP contribution in [0.5, 0.6) is 0 Å². The van der Waals surface area contributed by atoms with Gasteiger partial charge in [-0.3, -0.25) is 9.78 Å². The second kappa shape index (κ2) is 11.2. The molecule has 2 aromatic rings. The minimum atomic E-state index is 0.110. The molecule has 0 saturated carbocycles. The summed E-state index contributed by atoms with van der Waals surface area (Å²) in [5.41, 5.74) is 1.72.